The molecule has 2 aliphatic rings. The Hall–Kier alpha value is -0.870. The van der Waals surface area contributed by atoms with Crippen LogP contribution in [0.25, 0.3) is 0 Å². The molecule has 1 heterocycles. The predicted octanol–water partition coefficient (Wildman–Crippen LogP) is 2.09. The fourth-order valence-corrected chi connectivity index (χ4v) is 5.00. The summed E-state index contributed by atoms with van der Waals surface area (Å²) in [4.78, 5) is 0.586. The van der Waals surface area contributed by atoms with Crippen molar-refractivity contribution in [1.29, 1.82) is 0 Å². The number of hydrogen-bond acceptors (Lipinski definition) is 3. The third kappa shape index (κ3) is 1.97. The zero-order valence-electron chi connectivity index (χ0n) is 10.4. The van der Waals surface area contributed by atoms with E-state index in [9.17, 15) is 8.42 Å². The summed E-state index contributed by atoms with van der Waals surface area (Å²) in [6, 6.07) is 7.58. The Morgan fingerprint density at radius 1 is 1.11 bits per heavy atom. The van der Waals surface area contributed by atoms with Crippen molar-refractivity contribution in [2.24, 2.45) is 0 Å². The number of sulfone groups is 1. The second kappa shape index (κ2) is 4.67. The molecule has 1 aromatic rings. The first kappa shape index (κ1) is 12.2. The van der Waals surface area contributed by atoms with Crippen molar-refractivity contribution in [3.63, 3.8) is 0 Å². The normalized spacial score (nSPS) is 25.0. The van der Waals surface area contributed by atoms with E-state index >= 15 is 0 Å². The van der Waals surface area contributed by atoms with Gasteiger partial charge in [0.05, 0.1) is 10.1 Å². The molecule has 1 aromatic carbocycles. The second-order valence-electron chi connectivity index (χ2n) is 5.33. The van der Waals surface area contributed by atoms with Gasteiger partial charge < -0.3 is 5.32 Å². The van der Waals surface area contributed by atoms with Crippen LogP contribution in [0.1, 0.15) is 37.2 Å². The summed E-state index contributed by atoms with van der Waals surface area (Å²) in [5.41, 5.74) is 1.02. The molecular formula is C14H19NO2S. The lowest BCUT2D eigenvalue weighted by molar-refractivity contribution is 0.476. The van der Waals surface area contributed by atoms with Gasteiger partial charge in [-0.3, -0.25) is 0 Å². The highest BCUT2D eigenvalue weighted by Crippen LogP contribution is 2.35. The molecule has 3 nitrogen and oxygen atoms in total. The topological polar surface area (TPSA) is 46.2 Å². The van der Waals surface area contributed by atoms with Crippen LogP contribution in [0.2, 0.25) is 0 Å². The second-order valence-corrected chi connectivity index (χ2v) is 7.52. The molecule has 1 N–H and O–H groups in total. The first-order chi connectivity index (χ1) is 8.69. The minimum Gasteiger partial charge on any atom is -0.316 e. The van der Waals surface area contributed by atoms with Gasteiger partial charge in [0.2, 0.25) is 0 Å². The molecule has 3 rings (SSSR count). The molecular weight excluding hydrogens is 246 g/mol. The highest BCUT2D eigenvalue weighted by molar-refractivity contribution is 7.92. The van der Waals surface area contributed by atoms with Gasteiger partial charge in [-0.05, 0) is 43.4 Å². The van der Waals surface area contributed by atoms with E-state index in [0.717, 1.165) is 44.3 Å². The minimum absolute atomic E-state index is 0.131. The van der Waals surface area contributed by atoms with E-state index in [0.29, 0.717) is 10.8 Å². The van der Waals surface area contributed by atoms with Gasteiger partial charge in [0.15, 0.2) is 9.84 Å². The Bertz CT molecular complexity index is 528. The maximum atomic E-state index is 12.6. The summed E-state index contributed by atoms with van der Waals surface area (Å²) in [6.45, 7) is 1.89. The summed E-state index contributed by atoms with van der Waals surface area (Å²) >= 11 is 0. The monoisotopic (exact) mass is 265 g/mol. The van der Waals surface area contributed by atoms with Crippen molar-refractivity contribution in [3.05, 3.63) is 29.8 Å². The van der Waals surface area contributed by atoms with Crippen LogP contribution in [0.4, 0.5) is 0 Å². The van der Waals surface area contributed by atoms with Crippen molar-refractivity contribution in [3.8, 4) is 0 Å². The van der Waals surface area contributed by atoms with Crippen molar-refractivity contribution in [1.82, 2.24) is 5.32 Å². The number of benzene rings is 1. The molecule has 1 atom stereocenters. The molecule has 0 amide bonds. The van der Waals surface area contributed by atoms with Crippen molar-refractivity contribution < 1.29 is 8.42 Å². The van der Waals surface area contributed by atoms with Crippen LogP contribution in [0, 0.1) is 0 Å². The summed E-state index contributed by atoms with van der Waals surface area (Å²) in [7, 11) is -3.10. The SMILES string of the molecule is O=S(=O)(c1ccccc1C1CCNC1)C1CCC1. The average molecular weight is 265 g/mol. The summed E-state index contributed by atoms with van der Waals surface area (Å²) in [6.07, 6.45) is 3.76. The molecule has 0 bridgehead atoms. The van der Waals surface area contributed by atoms with E-state index in [4.69, 9.17) is 0 Å². The number of hydrogen-bond donors (Lipinski definition) is 1. The molecule has 18 heavy (non-hydrogen) atoms. The molecule has 98 valence electrons. The number of rotatable bonds is 3. The summed E-state index contributed by atoms with van der Waals surface area (Å²) < 4.78 is 25.1. The number of nitrogens with one attached hydrogen (secondary N) is 1. The van der Waals surface area contributed by atoms with Gasteiger partial charge in [-0.2, -0.15) is 0 Å². The maximum absolute atomic E-state index is 12.6. The van der Waals surface area contributed by atoms with Crippen molar-refractivity contribution >= 4 is 9.84 Å². The van der Waals surface area contributed by atoms with Crippen LogP contribution in [-0.2, 0) is 9.84 Å². The van der Waals surface area contributed by atoms with Gasteiger partial charge in [0, 0.05) is 6.54 Å². The Balaban J connectivity index is 2.00. The zero-order valence-corrected chi connectivity index (χ0v) is 11.2. The van der Waals surface area contributed by atoms with E-state index in [1.54, 1.807) is 6.07 Å². The summed E-state index contributed by atoms with van der Waals surface area (Å²) in [5.74, 6) is 0.357. The average Bonchev–Trinajstić information content (AvgIpc) is 2.79. The van der Waals surface area contributed by atoms with Gasteiger partial charge in [0.1, 0.15) is 0 Å². The van der Waals surface area contributed by atoms with Crippen LogP contribution in [-0.4, -0.2) is 26.8 Å². The van der Waals surface area contributed by atoms with E-state index in [1.807, 2.05) is 18.2 Å². The fraction of sp³-hybridized carbons (Fsp3) is 0.571. The minimum atomic E-state index is -3.10. The van der Waals surface area contributed by atoms with Gasteiger partial charge in [0.25, 0.3) is 0 Å². The fourth-order valence-electron chi connectivity index (χ4n) is 2.86. The van der Waals surface area contributed by atoms with Crippen LogP contribution >= 0.6 is 0 Å². The van der Waals surface area contributed by atoms with Gasteiger partial charge >= 0.3 is 0 Å². The Morgan fingerprint density at radius 3 is 2.50 bits per heavy atom. The predicted molar refractivity (Wildman–Crippen MR) is 71.5 cm³/mol. The molecule has 1 saturated carbocycles. The standard InChI is InChI=1S/C14H19NO2S/c16-18(17,12-4-3-5-12)14-7-2-1-6-13(14)11-8-9-15-10-11/h1-2,6-7,11-12,15H,3-5,8-10H2. The van der Waals surface area contributed by atoms with E-state index in [2.05, 4.69) is 5.32 Å². The lowest BCUT2D eigenvalue weighted by Crippen LogP contribution is -2.29. The van der Waals surface area contributed by atoms with Crippen LogP contribution in [0.3, 0.4) is 0 Å². The zero-order chi connectivity index (χ0) is 12.6. The lowest BCUT2D eigenvalue weighted by Gasteiger charge is -2.27. The quantitative estimate of drug-likeness (QED) is 0.910. The van der Waals surface area contributed by atoms with Gasteiger partial charge in [-0.1, -0.05) is 24.6 Å². The van der Waals surface area contributed by atoms with E-state index < -0.39 is 9.84 Å². The summed E-state index contributed by atoms with van der Waals surface area (Å²) in [5, 5.41) is 3.18. The molecule has 0 aromatic heterocycles. The first-order valence-electron chi connectivity index (χ1n) is 6.73. The smallest absolute Gasteiger partial charge is 0.181 e. The largest absolute Gasteiger partial charge is 0.316 e. The maximum Gasteiger partial charge on any atom is 0.181 e. The van der Waals surface area contributed by atoms with Crippen LogP contribution in [0.15, 0.2) is 29.2 Å². The van der Waals surface area contributed by atoms with Crippen molar-refractivity contribution in [2.45, 2.75) is 41.7 Å². The highest BCUT2D eigenvalue weighted by Gasteiger charge is 2.35. The molecule has 1 aliphatic heterocycles. The van der Waals surface area contributed by atoms with Gasteiger partial charge in [-0.15, -0.1) is 0 Å². The van der Waals surface area contributed by atoms with Crippen molar-refractivity contribution in [2.75, 3.05) is 13.1 Å². The molecule has 1 aliphatic carbocycles. The Morgan fingerprint density at radius 2 is 1.89 bits per heavy atom. The molecule has 2 fully saturated rings. The third-order valence-electron chi connectivity index (χ3n) is 4.22. The molecule has 4 heteroatoms. The highest BCUT2D eigenvalue weighted by atomic mass is 32.2. The molecule has 1 saturated heterocycles. The Labute approximate surface area is 109 Å². The molecule has 0 radical (unpaired) electrons. The third-order valence-corrected chi connectivity index (χ3v) is 6.55. The Kier molecular flexibility index (Phi) is 3.16. The van der Waals surface area contributed by atoms with E-state index in [-0.39, 0.29) is 5.25 Å². The molecule has 1 unspecified atom stereocenters. The lowest BCUT2D eigenvalue weighted by atomic mass is 9.98. The molecule has 0 spiro atoms. The van der Waals surface area contributed by atoms with Gasteiger partial charge in [-0.25, -0.2) is 8.42 Å². The van der Waals surface area contributed by atoms with E-state index in [1.165, 1.54) is 0 Å². The first-order valence-corrected chi connectivity index (χ1v) is 8.28. The van der Waals surface area contributed by atoms with Crippen LogP contribution < -0.4 is 5.32 Å². The van der Waals surface area contributed by atoms with Crippen LogP contribution in [0.5, 0.6) is 0 Å².